The molecule has 0 spiro atoms. The molecule has 1 aliphatic heterocycles. The molecule has 1 saturated heterocycles. The maximum Gasteiger partial charge on any atom is 0.329 e. The maximum atomic E-state index is 13.7. The Morgan fingerprint density at radius 1 is 1.12 bits per heavy atom. The lowest BCUT2D eigenvalue weighted by atomic mass is 9.49. The number of esters is 1. The molecular formula is C23H32N2O6S. The van der Waals surface area contributed by atoms with Gasteiger partial charge in [0.15, 0.2) is 0 Å². The number of likely N-dealkylation sites (tertiary alicyclic amines) is 1. The van der Waals surface area contributed by atoms with Crippen molar-refractivity contribution in [2.75, 3.05) is 20.6 Å². The van der Waals surface area contributed by atoms with Crippen molar-refractivity contribution >= 4 is 21.9 Å². The van der Waals surface area contributed by atoms with Crippen molar-refractivity contribution in [2.45, 2.75) is 69.1 Å². The van der Waals surface area contributed by atoms with Crippen LogP contribution in [-0.4, -0.2) is 56.2 Å². The quantitative estimate of drug-likeness (QED) is 0.601. The SMILES string of the molecule is CN(C)S(=O)(=O)c1ccc(COC(=O)C2CCCN2C(=O)C23CC4CC(CC(C4)C2)C3)o1. The second-order valence-electron chi connectivity index (χ2n) is 10.5. The number of carbonyl (C=O) groups excluding carboxylic acids is 2. The summed E-state index contributed by atoms with van der Waals surface area (Å²) in [4.78, 5) is 28.4. The van der Waals surface area contributed by atoms with Crippen molar-refractivity contribution in [1.29, 1.82) is 0 Å². The molecule has 4 saturated carbocycles. The summed E-state index contributed by atoms with van der Waals surface area (Å²) in [7, 11) is -0.832. The van der Waals surface area contributed by atoms with Crippen LogP contribution in [0.1, 0.15) is 57.1 Å². The number of ether oxygens (including phenoxy) is 1. The Morgan fingerprint density at radius 3 is 2.34 bits per heavy atom. The van der Waals surface area contributed by atoms with Gasteiger partial charge in [-0.2, -0.15) is 0 Å². The molecule has 5 aliphatic rings. The van der Waals surface area contributed by atoms with Crippen LogP contribution in [0.3, 0.4) is 0 Å². The first kappa shape index (κ1) is 21.9. The zero-order valence-electron chi connectivity index (χ0n) is 18.8. The van der Waals surface area contributed by atoms with Crippen molar-refractivity contribution in [3.05, 3.63) is 17.9 Å². The van der Waals surface area contributed by atoms with E-state index in [0.717, 1.165) is 30.0 Å². The van der Waals surface area contributed by atoms with Crippen LogP contribution in [-0.2, 0) is 31.0 Å². The molecule has 0 aromatic carbocycles. The highest BCUT2D eigenvalue weighted by atomic mass is 32.2. The highest BCUT2D eigenvalue weighted by Gasteiger charge is 2.57. The van der Waals surface area contributed by atoms with E-state index in [-0.39, 0.29) is 28.8 Å². The second kappa shape index (κ2) is 7.87. The average Bonchev–Trinajstić information content (AvgIpc) is 3.40. The normalized spacial score (nSPS) is 33.8. The number of nitrogens with zero attached hydrogens (tertiary/aromatic N) is 2. The van der Waals surface area contributed by atoms with Crippen molar-refractivity contribution in [1.82, 2.24) is 9.21 Å². The molecule has 0 N–H and O–H groups in total. The molecule has 4 bridgehead atoms. The second-order valence-corrected chi connectivity index (χ2v) is 12.6. The van der Waals surface area contributed by atoms with Crippen molar-refractivity contribution < 1.29 is 27.2 Å². The van der Waals surface area contributed by atoms with Gasteiger partial charge in [0, 0.05) is 20.6 Å². The Hall–Kier alpha value is -1.87. The van der Waals surface area contributed by atoms with E-state index in [4.69, 9.17) is 9.15 Å². The predicted molar refractivity (Wildman–Crippen MR) is 115 cm³/mol. The molecule has 0 radical (unpaired) electrons. The number of hydrogen-bond acceptors (Lipinski definition) is 6. The summed E-state index contributed by atoms with van der Waals surface area (Å²) in [5.41, 5.74) is -0.270. The molecular weight excluding hydrogens is 432 g/mol. The Labute approximate surface area is 189 Å². The third-order valence-electron chi connectivity index (χ3n) is 8.01. The summed E-state index contributed by atoms with van der Waals surface area (Å²) in [6, 6.07) is 2.30. The summed E-state index contributed by atoms with van der Waals surface area (Å²) >= 11 is 0. The topological polar surface area (TPSA) is 97.1 Å². The van der Waals surface area contributed by atoms with Crippen LogP contribution in [0.5, 0.6) is 0 Å². The molecule has 4 aliphatic carbocycles. The smallest absolute Gasteiger partial charge is 0.329 e. The van der Waals surface area contributed by atoms with Crippen LogP contribution < -0.4 is 0 Å². The maximum absolute atomic E-state index is 13.7. The lowest BCUT2D eigenvalue weighted by molar-refractivity contribution is -0.166. The van der Waals surface area contributed by atoms with Crippen LogP contribution in [0.4, 0.5) is 0 Å². The van der Waals surface area contributed by atoms with E-state index in [1.807, 2.05) is 0 Å². The van der Waals surface area contributed by atoms with E-state index in [0.29, 0.717) is 30.7 Å². The van der Waals surface area contributed by atoms with Gasteiger partial charge in [-0.05, 0) is 81.3 Å². The summed E-state index contributed by atoms with van der Waals surface area (Å²) in [6.07, 6.45) is 8.15. The van der Waals surface area contributed by atoms with Gasteiger partial charge in [-0.15, -0.1) is 0 Å². The van der Waals surface area contributed by atoms with Gasteiger partial charge in [-0.25, -0.2) is 17.5 Å². The molecule has 1 amide bonds. The third kappa shape index (κ3) is 3.67. The summed E-state index contributed by atoms with van der Waals surface area (Å²) < 4.78 is 36.2. The molecule has 176 valence electrons. The number of hydrogen-bond donors (Lipinski definition) is 0. The molecule has 9 heteroatoms. The fourth-order valence-electron chi connectivity index (χ4n) is 6.92. The monoisotopic (exact) mass is 464 g/mol. The van der Waals surface area contributed by atoms with E-state index >= 15 is 0 Å². The van der Waals surface area contributed by atoms with E-state index in [1.54, 1.807) is 4.90 Å². The fourth-order valence-corrected chi connectivity index (χ4v) is 7.74. The van der Waals surface area contributed by atoms with E-state index in [1.165, 1.54) is 45.5 Å². The van der Waals surface area contributed by atoms with Gasteiger partial charge in [0.25, 0.3) is 10.0 Å². The lowest BCUT2D eigenvalue weighted by Crippen LogP contribution is -2.56. The van der Waals surface area contributed by atoms with E-state index in [9.17, 15) is 18.0 Å². The highest BCUT2D eigenvalue weighted by molar-refractivity contribution is 7.88. The standard InChI is InChI=1S/C23H32N2O6S/c1-24(2)32(28,29)20-6-5-18(31-20)14-30-21(26)19-4-3-7-25(19)22(27)23-11-15-8-16(12-23)10-17(9-15)13-23/h5-6,15-17,19H,3-4,7-14H2,1-2H3. The average molecular weight is 465 g/mol. The van der Waals surface area contributed by atoms with Gasteiger partial charge in [0.2, 0.25) is 11.0 Å². The first-order chi connectivity index (χ1) is 15.2. The van der Waals surface area contributed by atoms with Gasteiger partial charge in [-0.3, -0.25) is 4.79 Å². The highest BCUT2D eigenvalue weighted by Crippen LogP contribution is 2.60. The predicted octanol–water partition coefficient (Wildman–Crippen LogP) is 2.78. The lowest BCUT2D eigenvalue weighted by Gasteiger charge is -2.56. The summed E-state index contributed by atoms with van der Waals surface area (Å²) in [5, 5.41) is -0.187. The van der Waals surface area contributed by atoms with Crippen molar-refractivity contribution in [3.8, 4) is 0 Å². The molecule has 5 fully saturated rings. The zero-order chi connectivity index (χ0) is 22.7. The molecule has 6 rings (SSSR count). The summed E-state index contributed by atoms with van der Waals surface area (Å²) in [5.74, 6) is 2.00. The Kier molecular flexibility index (Phi) is 5.40. The van der Waals surface area contributed by atoms with Gasteiger partial charge >= 0.3 is 5.97 Å². The van der Waals surface area contributed by atoms with Gasteiger partial charge in [0.1, 0.15) is 18.4 Å². The third-order valence-corrected chi connectivity index (χ3v) is 9.70. The number of amides is 1. The van der Waals surface area contributed by atoms with Crippen LogP contribution in [0, 0.1) is 23.2 Å². The minimum absolute atomic E-state index is 0.155. The largest absolute Gasteiger partial charge is 0.456 e. The van der Waals surface area contributed by atoms with Crippen LogP contribution in [0.2, 0.25) is 0 Å². The Morgan fingerprint density at radius 2 is 1.75 bits per heavy atom. The first-order valence-electron chi connectivity index (χ1n) is 11.7. The number of sulfonamides is 1. The van der Waals surface area contributed by atoms with E-state index in [2.05, 4.69) is 0 Å². The van der Waals surface area contributed by atoms with Gasteiger partial charge in [0.05, 0.1) is 5.41 Å². The van der Waals surface area contributed by atoms with Crippen LogP contribution in [0.15, 0.2) is 21.6 Å². The minimum Gasteiger partial charge on any atom is -0.456 e. The Bertz CT molecular complexity index is 978. The molecule has 1 atom stereocenters. The summed E-state index contributed by atoms with van der Waals surface area (Å²) in [6.45, 7) is 0.448. The van der Waals surface area contributed by atoms with Gasteiger partial charge < -0.3 is 14.1 Å². The molecule has 8 nitrogen and oxygen atoms in total. The Balaban J connectivity index is 1.24. The van der Waals surface area contributed by atoms with Crippen molar-refractivity contribution in [3.63, 3.8) is 0 Å². The van der Waals surface area contributed by atoms with Crippen LogP contribution >= 0.6 is 0 Å². The van der Waals surface area contributed by atoms with Crippen LogP contribution in [0.25, 0.3) is 0 Å². The van der Waals surface area contributed by atoms with Gasteiger partial charge in [-0.1, -0.05) is 0 Å². The first-order valence-corrected chi connectivity index (χ1v) is 13.1. The molecule has 32 heavy (non-hydrogen) atoms. The molecule has 2 heterocycles. The molecule has 1 aromatic heterocycles. The number of rotatable bonds is 6. The fraction of sp³-hybridized carbons (Fsp3) is 0.739. The number of furan rings is 1. The van der Waals surface area contributed by atoms with Crippen molar-refractivity contribution in [2.24, 2.45) is 23.2 Å². The number of carbonyl (C=O) groups is 2. The van der Waals surface area contributed by atoms with E-state index < -0.39 is 22.0 Å². The zero-order valence-corrected chi connectivity index (χ0v) is 19.6. The molecule has 1 aromatic rings. The molecule has 1 unspecified atom stereocenters. The minimum atomic E-state index is -3.68.